The fraction of sp³-hybridized carbons (Fsp3) is 0.263. The molecule has 0 spiro atoms. The quantitative estimate of drug-likeness (QED) is 0.347. The van der Waals surface area contributed by atoms with Crippen molar-refractivity contribution in [2.45, 2.75) is 13.3 Å². The van der Waals surface area contributed by atoms with Crippen molar-refractivity contribution in [2.75, 3.05) is 24.4 Å². The topological polar surface area (TPSA) is 128 Å². The molecule has 0 unspecified atom stereocenters. The zero-order valence-corrected chi connectivity index (χ0v) is 20.7. The van der Waals surface area contributed by atoms with Gasteiger partial charge in [0, 0.05) is 23.4 Å². The van der Waals surface area contributed by atoms with Gasteiger partial charge in [-0.15, -0.1) is 0 Å². The van der Waals surface area contributed by atoms with Crippen molar-refractivity contribution in [3.63, 3.8) is 0 Å². The number of hydrogen-bond donors (Lipinski definition) is 2. The Bertz CT molecular complexity index is 1270. The number of nitrogens with one attached hydrogen (secondary N) is 2. The van der Waals surface area contributed by atoms with Gasteiger partial charge in [0.2, 0.25) is 5.88 Å². The molecule has 0 amide bonds. The summed E-state index contributed by atoms with van der Waals surface area (Å²) in [5, 5.41) is 0. The Morgan fingerprint density at radius 3 is 2.47 bits per heavy atom. The number of aromatic nitrogens is 4. The van der Waals surface area contributed by atoms with Gasteiger partial charge in [-0.3, -0.25) is 4.72 Å². The molecular weight excluding hydrogens is 568 g/mol. The van der Waals surface area contributed by atoms with Crippen LogP contribution in [0.4, 0.5) is 5.82 Å². The summed E-state index contributed by atoms with van der Waals surface area (Å²) in [5.74, 6) is -0.423. The highest BCUT2D eigenvalue weighted by Crippen LogP contribution is 2.34. The molecule has 0 saturated heterocycles. The lowest BCUT2D eigenvalue weighted by molar-refractivity contribution is 0.202. The van der Waals surface area contributed by atoms with E-state index >= 15 is 0 Å². The largest absolute Gasteiger partial charge is 0.473 e. The number of anilines is 1. The molecule has 10 nitrogen and oxygen atoms in total. The normalized spacial score (nSPS) is 13.0. The minimum atomic E-state index is -4.01. The standard InChI is InChI=1S/C19H20Br2N6O4S/c1-2-7-26-32(28,29)27-17-16(13-3-5-14(20)6-4-13)18(25-12-24-17)30-8-9-31-19-22-10-15(21)11-23-19/h3-6,10-12,26H,2,7-9H2,1H3,(H,24,25,27)/i9D2,12D. The van der Waals surface area contributed by atoms with E-state index in [1.807, 2.05) is 6.92 Å². The van der Waals surface area contributed by atoms with Gasteiger partial charge >= 0.3 is 6.01 Å². The number of rotatable bonds is 11. The van der Waals surface area contributed by atoms with Gasteiger partial charge in [-0.1, -0.05) is 35.0 Å². The van der Waals surface area contributed by atoms with E-state index < -0.39 is 29.7 Å². The third-order valence-corrected chi connectivity index (χ3v) is 5.68. The van der Waals surface area contributed by atoms with E-state index in [1.165, 1.54) is 12.4 Å². The molecule has 2 aromatic heterocycles. The van der Waals surface area contributed by atoms with Gasteiger partial charge in [0.15, 0.2) is 5.82 Å². The highest BCUT2D eigenvalue weighted by atomic mass is 79.9. The number of hydrogen-bond acceptors (Lipinski definition) is 8. The predicted octanol–water partition coefficient (Wildman–Crippen LogP) is 3.57. The zero-order valence-electron chi connectivity index (χ0n) is 19.7. The SMILES string of the molecule is [2H]c1nc(NS(=O)(=O)NCCC)c(-c2ccc(Br)cc2)c(OCC([2H])([2H])Oc2ncc(Br)cn2)n1. The smallest absolute Gasteiger partial charge is 0.316 e. The van der Waals surface area contributed by atoms with Crippen LogP contribution in [0.1, 0.15) is 17.5 Å². The van der Waals surface area contributed by atoms with E-state index in [0.717, 1.165) is 4.47 Å². The molecule has 3 aromatic rings. The Hall–Kier alpha value is -2.35. The predicted molar refractivity (Wildman–Crippen MR) is 127 cm³/mol. The summed E-state index contributed by atoms with van der Waals surface area (Å²) >= 11 is 6.52. The van der Waals surface area contributed by atoms with E-state index in [1.54, 1.807) is 24.3 Å². The Morgan fingerprint density at radius 2 is 1.78 bits per heavy atom. The van der Waals surface area contributed by atoms with Gasteiger partial charge < -0.3 is 9.47 Å². The lowest BCUT2D eigenvalue weighted by Gasteiger charge is -2.15. The maximum Gasteiger partial charge on any atom is 0.316 e. The molecule has 0 aliphatic carbocycles. The van der Waals surface area contributed by atoms with Crippen LogP contribution in [0.15, 0.2) is 51.9 Å². The van der Waals surface area contributed by atoms with Crippen molar-refractivity contribution < 1.29 is 22.0 Å². The molecular formula is C19H20Br2N6O4S. The monoisotopic (exact) mass is 589 g/mol. The van der Waals surface area contributed by atoms with Crippen LogP contribution in [0.25, 0.3) is 11.1 Å². The summed E-state index contributed by atoms with van der Waals surface area (Å²) in [6.45, 7) is -1.06. The Morgan fingerprint density at radius 1 is 1.06 bits per heavy atom. The first-order valence-corrected chi connectivity index (χ1v) is 12.3. The lowest BCUT2D eigenvalue weighted by Crippen LogP contribution is -2.31. The Kier molecular flexibility index (Phi) is 7.28. The molecule has 0 aliphatic rings. The molecule has 3 rings (SSSR count). The van der Waals surface area contributed by atoms with E-state index in [0.29, 0.717) is 16.5 Å². The summed E-state index contributed by atoms with van der Waals surface area (Å²) in [7, 11) is -4.01. The maximum atomic E-state index is 12.5. The fourth-order valence-electron chi connectivity index (χ4n) is 2.33. The summed E-state index contributed by atoms with van der Waals surface area (Å²) in [6.07, 6.45) is 2.82. The minimum Gasteiger partial charge on any atom is -0.473 e. The number of ether oxygens (including phenoxy) is 2. The van der Waals surface area contributed by atoms with Crippen LogP contribution in [-0.4, -0.2) is 48.1 Å². The van der Waals surface area contributed by atoms with Crippen molar-refractivity contribution in [3.05, 3.63) is 51.9 Å². The van der Waals surface area contributed by atoms with Gasteiger partial charge in [-0.05, 0) is 40.0 Å². The van der Waals surface area contributed by atoms with Crippen molar-refractivity contribution in [1.29, 1.82) is 0 Å². The molecule has 2 heterocycles. The second-order valence-electron chi connectivity index (χ2n) is 6.08. The zero-order chi connectivity index (χ0) is 25.6. The first kappa shape index (κ1) is 20.3. The molecule has 0 fully saturated rings. The number of benzene rings is 1. The van der Waals surface area contributed by atoms with Gasteiger partial charge in [0.05, 0.1) is 12.8 Å². The molecule has 170 valence electrons. The van der Waals surface area contributed by atoms with Gasteiger partial charge in [0.1, 0.15) is 20.8 Å². The van der Waals surface area contributed by atoms with Crippen molar-refractivity contribution in [3.8, 4) is 23.0 Å². The molecule has 32 heavy (non-hydrogen) atoms. The fourth-order valence-corrected chi connectivity index (χ4v) is 3.75. The van der Waals surface area contributed by atoms with Crippen LogP contribution in [0.3, 0.4) is 0 Å². The first-order valence-electron chi connectivity index (χ1n) is 10.7. The lowest BCUT2D eigenvalue weighted by atomic mass is 10.1. The minimum absolute atomic E-state index is 0.117. The molecule has 13 heteroatoms. The van der Waals surface area contributed by atoms with Crippen LogP contribution in [0.2, 0.25) is 0 Å². The average Bonchev–Trinajstić information content (AvgIpc) is 2.78. The molecule has 1 aromatic carbocycles. The Labute approximate surface area is 206 Å². The van der Waals surface area contributed by atoms with Crippen LogP contribution < -0.4 is 18.9 Å². The summed E-state index contributed by atoms with van der Waals surface area (Å²) < 4.78 is 65.9. The van der Waals surface area contributed by atoms with Gasteiger partial charge in [0.25, 0.3) is 10.2 Å². The molecule has 0 radical (unpaired) electrons. The third kappa shape index (κ3) is 7.08. The molecule has 0 atom stereocenters. The van der Waals surface area contributed by atoms with Crippen LogP contribution in [0, 0.1) is 0 Å². The summed E-state index contributed by atoms with van der Waals surface area (Å²) in [6, 6.07) is 6.55. The van der Waals surface area contributed by atoms with E-state index in [4.69, 9.17) is 13.6 Å². The highest BCUT2D eigenvalue weighted by molar-refractivity contribution is 9.10. The Balaban J connectivity index is 1.95. The van der Waals surface area contributed by atoms with Crippen LogP contribution in [-0.2, 0) is 10.2 Å². The van der Waals surface area contributed by atoms with E-state index in [-0.39, 0.29) is 29.8 Å². The molecule has 0 bridgehead atoms. The van der Waals surface area contributed by atoms with Crippen LogP contribution >= 0.6 is 31.9 Å². The third-order valence-electron chi connectivity index (χ3n) is 3.70. The summed E-state index contributed by atoms with van der Waals surface area (Å²) in [5.41, 5.74) is 0.583. The molecule has 0 saturated carbocycles. The van der Waals surface area contributed by atoms with Crippen molar-refractivity contribution in [1.82, 2.24) is 24.7 Å². The molecule has 2 N–H and O–H groups in total. The van der Waals surface area contributed by atoms with Crippen molar-refractivity contribution >= 4 is 47.9 Å². The van der Waals surface area contributed by atoms with Crippen molar-refractivity contribution in [2.24, 2.45) is 0 Å². The number of nitrogens with zero attached hydrogens (tertiary/aromatic N) is 4. The maximum absolute atomic E-state index is 12.5. The average molecular weight is 591 g/mol. The number of halogens is 2. The van der Waals surface area contributed by atoms with E-state index in [2.05, 4.69) is 61.2 Å². The summed E-state index contributed by atoms with van der Waals surface area (Å²) in [4.78, 5) is 15.6. The second kappa shape index (κ2) is 11.5. The van der Waals surface area contributed by atoms with Gasteiger partial charge in [-0.2, -0.15) is 13.1 Å². The van der Waals surface area contributed by atoms with Crippen LogP contribution in [0.5, 0.6) is 11.9 Å². The highest BCUT2D eigenvalue weighted by Gasteiger charge is 2.19. The first-order chi connectivity index (χ1) is 16.5. The second-order valence-corrected chi connectivity index (χ2v) is 9.41. The van der Waals surface area contributed by atoms with Gasteiger partial charge in [-0.25, -0.2) is 19.9 Å². The molecule has 0 aliphatic heterocycles. The van der Waals surface area contributed by atoms with E-state index in [9.17, 15) is 8.42 Å².